The summed E-state index contributed by atoms with van der Waals surface area (Å²) in [6.45, 7) is 8.70. The van der Waals surface area contributed by atoms with E-state index >= 15 is 0 Å². The molecule has 0 aromatic heterocycles. The molecule has 0 aliphatic heterocycles. The summed E-state index contributed by atoms with van der Waals surface area (Å²) in [5, 5.41) is 8.51. The highest BCUT2D eigenvalue weighted by Gasteiger charge is 2.23. The maximum atomic E-state index is 13.2. The molecule has 7 nitrogen and oxygen atoms in total. The minimum absolute atomic E-state index is 0.0325. The van der Waals surface area contributed by atoms with E-state index in [1.807, 2.05) is 58.0 Å². The summed E-state index contributed by atoms with van der Waals surface area (Å²) in [6, 6.07) is 13.3. The summed E-state index contributed by atoms with van der Waals surface area (Å²) in [7, 11) is 1.78. The number of benzene rings is 2. The van der Waals surface area contributed by atoms with Gasteiger partial charge in [0.25, 0.3) is 5.91 Å². The van der Waals surface area contributed by atoms with Crippen molar-refractivity contribution in [1.29, 1.82) is 0 Å². The molecule has 0 unspecified atom stereocenters. The molecule has 0 spiro atoms. The Morgan fingerprint density at radius 1 is 0.914 bits per heavy atom. The van der Waals surface area contributed by atoms with Crippen LogP contribution in [0.2, 0.25) is 0 Å². The second-order valence-electron chi connectivity index (χ2n) is 9.54. The van der Waals surface area contributed by atoms with Gasteiger partial charge in [0, 0.05) is 37.7 Å². The van der Waals surface area contributed by atoms with Gasteiger partial charge in [-0.25, -0.2) is 5.48 Å². The van der Waals surface area contributed by atoms with Crippen LogP contribution in [0, 0.1) is 19.8 Å². The van der Waals surface area contributed by atoms with Gasteiger partial charge in [0.15, 0.2) is 0 Å². The third-order valence-electron chi connectivity index (χ3n) is 5.99. The fourth-order valence-electron chi connectivity index (χ4n) is 4.12. The van der Waals surface area contributed by atoms with Crippen LogP contribution in [0.4, 0.5) is 11.4 Å². The van der Waals surface area contributed by atoms with Gasteiger partial charge in [-0.2, -0.15) is 0 Å². The number of nitrogens with zero attached hydrogens (tertiary/aromatic N) is 2. The first-order chi connectivity index (χ1) is 16.6. The molecule has 0 radical (unpaired) electrons. The van der Waals surface area contributed by atoms with Crippen LogP contribution in [0.3, 0.4) is 0 Å². The number of carbonyl (C=O) groups excluding carboxylic acids is 3. The second-order valence-corrected chi connectivity index (χ2v) is 9.54. The van der Waals surface area contributed by atoms with Gasteiger partial charge in [-0.1, -0.05) is 44.9 Å². The van der Waals surface area contributed by atoms with E-state index < -0.39 is 0 Å². The summed E-state index contributed by atoms with van der Waals surface area (Å²) in [6.07, 6.45) is 4.04. The molecule has 2 N–H and O–H groups in total. The minimum atomic E-state index is -0.372. The number of hydroxylamine groups is 1. The first kappa shape index (κ1) is 28.1. The van der Waals surface area contributed by atoms with Crippen LogP contribution in [0.1, 0.15) is 73.9 Å². The van der Waals surface area contributed by atoms with Gasteiger partial charge in [0.1, 0.15) is 0 Å². The van der Waals surface area contributed by atoms with E-state index in [0.717, 1.165) is 41.8 Å². The van der Waals surface area contributed by atoms with E-state index in [0.29, 0.717) is 31.4 Å². The molecule has 2 rings (SSSR count). The van der Waals surface area contributed by atoms with Gasteiger partial charge in [-0.3, -0.25) is 24.5 Å². The summed E-state index contributed by atoms with van der Waals surface area (Å²) < 4.78 is 0. The SMILES string of the molecule is Cc1cccc(C)c1N(C(=O)CC(C)C)c1ccc(C(=O)N(C)CCCCCCC(=O)NO)cc1. The predicted octanol–water partition coefficient (Wildman–Crippen LogP) is 5.54. The lowest BCUT2D eigenvalue weighted by Gasteiger charge is -2.27. The van der Waals surface area contributed by atoms with Crippen molar-refractivity contribution in [2.45, 2.75) is 66.2 Å². The monoisotopic (exact) mass is 481 g/mol. The average molecular weight is 482 g/mol. The van der Waals surface area contributed by atoms with Crippen LogP contribution >= 0.6 is 0 Å². The van der Waals surface area contributed by atoms with Crippen molar-refractivity contribution in [3.8, 4) is 0 Å². The lowest BCUT2D eigenvalue weighted by Crippen LogP contribution is -2.29. The summed E-state index contributed by atoms with van der Waals surface area (Å²) in [5.41, 5.74) is 5.91. The van der Waals surface area contributed by atoms with Gasteiger partial charge in [-0.05, 0) is 68.0 Å². The first-order valence-electron chi connectivity index (χ1n) is 12.3. The number of rotatable bonds is 12. The highest BCUT2D eigenvalue weighted by Crippen LogP contribution is 2.33. The highest BCUT2D eigenvalue weighted by atomic mass is 16.5. The maximum Gasteiger partial charge on any atom is 0.253 e. The molecular formula is C28H39N3O4. The number of carbonyl (C=O) groups is 3. The van der Waals surface area contributed by atoms with Crippen LogP contribution < -0.4 is 10.4 Å². The van der Waals surface area contributed by atoms with Crippen molar-refractivity contribution < 1.29 is 19.6 Å². The predicted molar refractivity (Wildman–Crippen MR) is 139 cm³/mol. The van der Waals surface area contributed by atoms with Crippen LogP contribution in [-0.2, 0) is 9.59 Å². The standard InChI is InChI=1S/C28H39N3O4/c1-20(2)19-26(33)31(27-21(3)11-10-12-22(27)4)24-16-14-23(15-17-24)28(34)30(5)18-9-7-6-8-13-25(32)29-35/h10-12,14-17,20,35H,6-9,13,18-19H2,1-5H3,(H,29,32). The summed E-state index contributed by atoms with van der Waals surface area (Å²) >= 11 is 0. The molecule has 0 saturated carbocycles. The zero-order valence-electron chi connectivity index (χ0n) is 21.6. The molecule has 2 aromatic carbocycles. The molecule has 2 aromatic rings. The summed E-state index contributed by atoms with van der Waals surface area (Å²) in [5.74, 6) is -0.174. The lowest BCUT2D eigenvalue weighted by molar-refractivity contribution is -0.129. The Bertz CT molecular complexity index is 982. The van der Waals surface area contributed by atoms with Crippen molar-refractivity contribution in [1.82, 2.24) is 10.4 Å². The van der Waals surface area contributed by atoms with Crippen LogP contribution in [0.25, 0.3) is 0 Å². The molecule has 0 aliphatic rings. The first-order valence-corrected chi connectivity index (χ1v) is 12.3. The number of unbranched alkanes of at least 4 members (excludes halogenated alkanes) is 3. The van der Waals surface area contributed by atoms with E-state index in [4.69, 9.17) is 5.21 Å². The Balaban J connectivity index is 2.08. The molecule has 0 fully saturated rings. The van der Waals surface area contributed by atoms with E-state index in [1.54, 1.807) is 34.5 Å². The van der Waals surface area contributed by atoms with Gasteiger partial charge < -0.3 is 4.90 Å². The van der Waals surface area contributed by atoms with Crippen molar-refractivity contribution >= 4 is 29.1 Å². The molecule has 0 bridgehead atoms. The lowest BCUT2D eigenvalue weighted by atomic mass is 10.0. The Hall–Kier alpha value is -3.19. The Morgan fingerprint density at radius 2 is 1.51 bits per heavy atom. The molecule has 7 heteroatoms. The number of anilines is 2. The number of para-hydroxylation sites is 1. The fraction of sp³-hybridized carbons (Fsp3) is 0.464. The van der Waals surface area contributed by atoms with Crippen LogP contribution in [0.5, 0.6) is 0 Å². The molecule has 0 saturated heterocycles. The van der Waals surface area contributed by atoms with E-state index in [-0.39, 0.29) is 23.6 Å². The summed E-state index contributed by atoms with van der Waals surface area (Å²) in [4.78, 5) is 40.6. The third-order valence-corrected chi connectivity index (χ3v) is 5.99. The van der Waals surface area contributed by atoms with Gasteiger partial charge in [0.05, 0.1) is 5.69 Å². The number of amides is 3. The Kier molecular flexibility index (Phi) is 10.9. The smallest absolute Gasteiger partial charge is 0.253 e. The second kappa shape index (κ2) is 13.6. The van der Waals surface area contributed by atoms with Crippen molar-refractivity contribution in [3.63, 3.8) is 0 Å². The number of nitrogens with one attached hydrogen (secondary N) is 1. The third kappa shape index (κ3) is 8.21. The normalized spacial score (nSPS) is 10.8. The van der Waals surface area contributed by atoms with Crippen molar-refractivity contribution in [2.75, 3.05) is 18.5 Å². The Labute approximate surface area is 209 Å². The molecule has 35 heavy (non-hydrogen) atoms. The minimum Gasteiger partial charge on any atom is -0.342 e. The molecule has 0 atom stereocenters. The molecule has 190 valence electrons. The quantitative estimate of drug-likeness (QED) is 0.237. The number of hydrogen-bond donors (Lipinski definition) is 2. The zero-order chi connectivity index (χ0) is 26.0. The van der Waals surface area contributed by atoms with E-state index in [9.17, 15) is 14.4 Å². The van der Waals surface area contributed by atoms with Crippen molar-refractivity contribution in [3.05, 3.63) is 59.2 Å². The molecular weight excluding hydrogens is 442 g/mol. The van der Waals surface area contributed by atoms with Crippen LogP contribution in [-0.4, -0.2) is 41.4 Å². The van der Waals surface area contributed by atoms with E-state index in [1.165, 1.54) is 0 Å². The maximum absolute atomic E-state index is 13.2. The Morgan fingerprint density at radius 3 is 2.09 bits per heavy atom. The average Bonchev–Trinajstić information content (AvgIpc) is 2.82. The highest BCUT2D eigenvalue weighted by molar-refractivity contribution is 6.02. The van der Waals surface area contributed by atoms with Crippen molar-refractivity contribution in [2.24, 2.45) is 5.92 Å². The van der Waals surface area contributed by atoms with Gasteiger partial charge in [0.2, 0.25) is 11.8 Å². The molecule has 0 aliphatic carbocycles. The zero-order valence-corrected chi connectivity index (χ0v) is 21.6. The number of hydrogen-bond acceptors (Lipinski definition) is 4. The van der Waals surface area contributed by atoms with Crippen LogP contribution in [0.15, 0.2) is 42.5 Å². The molecule has 0 heterocycles. The van der Waals surface area contributed by atoms with Gasteiger partial charge in [-0.15, -0.1) is 0 Å². The fourth-order valence-corrected chi connectivity index (χ4v) is 4.12. The largest absolute Gasteiger partial charge is 0.342 e. The number of aryl methyl sites for hydroxylation is 2. The van der Waals surface area contributed by atoms with E-state index in [2.05, 4.69) is 0 Å². The molecule has 3 amide bonds. The van der Waals surface area contributed by atoms with Gasteiger partial charge >= 0.3 is 0 Å². The topological polar surface area (TPSA) is 90.0 Å².